The molecule has 0 aromatic heterocycles. The summed E-state index contributed by atoms with van der Waals surface area (Å²) in [6.45, 7) is 0. The van der Waals surface area contributed by atoms with Crippen molar-refractivity contribution < 1.29 is 0 Å². The van der Waals surface area contributed by atoms with E-state index in [9.17, 15) is 0 Å². The zero-order valence-electron chi connectivity index (χ0n) is 32.0. The molecule has 272 valence electrons. The molecule has 0 aliphatic heterocycles. The maximum atomic E-state index is 2.44. The van der Waals surface area contributed by atoms with E-state index < -0.39 is 5.41 Å². The van der Waals surface area contributed by atoms with Crippen molar-refractivity contribution in [3.05, 3.63) is 259 Å². The van der Waals surface area contributed by atoms with E-state index in [4.69, 9.17) is 0 Å². The van der Waals surface area contributed by atoms with Crippen LogP contribution in [0.2, 0.25) is 0 Å². The van der Waals surface area contributed by atoms with Crippen molar-refractivity contribution in [1.29, 1.82) is 0 Å². The van der Waals surface area contributed by atoms with Crippen molar-refractivity contribution >= 4 is 38.6 Å². The highest BCUT2D eigenvalue weighted by molar-refractivity contribution is 6.20. The summed E-state index contributed by atoms with van der Waals surface area (Å²) in [6.07, 6.45) is 0. The molecule has 0 radical (unpaired) electrons. The van der Waals surface area contributed by atoms with Crippen LogP contribution in [0.25, 0.3) is 54.9 Å². The first kappa shape index (κ1) is 33.8. The Morgan fingerprint density at radius 1 is 0.310 bits per heavy atom. The topological polar surface area (TPSA) is 3.24 Å². The molecule has 0 atom stereocenters. The van der Waals surface area contributed by atoms with Gasteiger partial charge >= 0.3 is 0 Å². The van der Waals surface area contributed by atoms with E-state index in [0.717, 1.165) is 17.1 Å². The molecular weight excluding hydrogens is 699 g/mol. The van der Waals surface area contributed by atoms with Crippen LogP contribution < -0.4 is 4.90 Å². The van der Waals surface area contributed by atoms with Gasteiger partial charge in [-0.15, -0.1) is 0 Å². The lowest BCUT2D eigenvalue weighted by molar-refractivity contribution is 0.776. The zero-order valence-corrected chi connectivity index (χ0v) is 32.0. The summed E-state index contributed by atoms with van der Waals surface area (Å²) in [4.78, 5) is 2.44. The molecule has 1 aliphatic rings. The van der Waals surface area contributed by atoms with Gasteiger partial charge in [0, 0.05) is 16.9 Å². The number of nitrogens with zero attached hydrogens (tertiary/aromatic N) is 1. The fourth-order valence-electron chi connectivity index (χ4n) is 9.68. The van der Waals surface area contributed by atoms with Gasteiger partial charge in [0.15, 0.2) is 0 Å². The Labute approximate surface area is 339 Å². The van der Waals surface area contributed by atoms with Crippen LogP contribution in [0.15, 0.2) is 237 Å². The summed E-state index contributed by atoms with van der Waals surface area (Å²) in [5, 5.41) is 5.02. The summed E-state index contributed by atoms with van der Waals surface area (Å²) in [5.74, 6) is 0. The summed E-state index contributed by atoms with van der Waals surface area (Å²) in [5.41, 5.74) is 15.4. The minimum atomic E-state index is -0.523. The van der Waals surface area contributed by atoms with Crippen LogP contribution in [0.5, 0.6) is 0 Å². The molecule has 0 bridgehead atoms. The highest BCUT2D eigenvalue weighted by Crippen LogP contribution is 2.60. The second kappa shape index (κ2) is 13.9. The molecule has 1 nitrogen and oxygen atoms in total. The molecule has 0 amide bonds. The number of rotatable bonds is 7. The fraction of sp³-hybridized carbons (Fsp3) is 0.0175. The number of anilines is 3. The van der Waals surface area contributed by atoms with Crippen LogP contribution in [0.3, 0.4) is 0 Å². The number of hydrogen-bond donors (Lipinski definition) is 0. The van der Waals surface area contributed by atoms with Crippen LogP contribution >= 0.6 is 0 Å². The van der Waals surface area contributed by atoms with Crippen LogP contribution in [0.1, 0.15) is 22.3 Å². The van der Waals surface area contributed by atoms with Crippen molar-refractivity contribution in [2.24, 2.45) is 0 Å². The second-order valence-electron chi connectivity index (χ2n) is 15.2. The van der Waals surface area contributed by atoms with Crippen molar-refractivity contribution in [2.45, 2.75) is 5.41 Å². The van der Waals surface area contributed by atoms with Gasteiger partial charge in [-0.05, 0) is 102 Å². The van der Waals surface area contributed by atoms with Gasteiger partial charge in [-0.1, -0.05) is 206 Å². The molecule has 0 spiro atoms. The molecule has 0 saturated carbocycles. The van der Waals surface area contributed by atoms with Gasteiger partial charge in [-0.2, -0.15) is 0 Å². The molecule has 1 heteroatoms. The summed E-state index contributed by atoms with van der Waals surface area (Å²) < 4.78 is 0. The molecule has 11 rings (SSSR count). The van der Waals surface area contributed by atoms with E-state index in [1.165, 1.54) is 77.2 Å². The SMILES string of the molecule is c1ccc(-c2ccc(N(c3ccc4c5c(c6ccccc6c4c3)-c3ccccc3C5(c3ccccc3)c3ccccc3)c3ccccc3-c3ccccc3)cc2)cc1. The Balaban J connectivity index is 1.22. The molecule has 58 heavy (non-hydrogen) atoms. The van der Waals surface area contributed by atoms with Crippen LogP contribution in [0, 0.1) is 0 Å². The largest absolute Gasteiger partial charge is 0.310 e. The van der Waals surface area contributed by atoms with Crippen molar-refractivity contribution in [3.63, 3.8) is 0 Å². The minimum Gasteiger partial charge on any atom is -0.310 e. The molecule has 0 fully saturated rings. The predicted molar refractivity (Wildman–Crippen MR) is 244 cm³/mol. The Morgan fingerprint density at radius 2 is 0.810 bits per heavy atom. The van der Waals surface area contributed by atoms with Gasteiger partial charge in [0.2, 0.25) is 0 Å². The monoisotopic (exact) mass is 737 g/mol. The first-order chi connectivity index (χ1) is 28.8. The Bertz CT molecular complexity index is 3040. The number of benzene rings is 10. The average molecular weight is 738 g/mol. The molecular formula is C57H39N. The van der Waals surface area contributed by atoms with E-state index >= 15 is 0 Å². The molecule has 10 aromatic carbocycles. The summed E-state index contributed by atoms with van der Waals surface area (Å²) in [7, 11) is 0. The molecule has 0 heterocycles. The van der Waals surface area contributed by atoms with E-state index in [2.05, 4.69) is 241 Å². The lowest BCUT2D eigenvalue weighted by Gasteiger charge is -2.35. The maximum absolute atomic E-state index is 2.44. The zero-order chi connectivity index (χ0) is 38.5. The third-order valence-corrected chi connectivity index (χ3v) is 12.1. The third kappa shape index (κ3) is 5.25. The number of fused-ring (bicyclic) bond motifs is 8. The van der Waals surface area contributed by atoms with Gasteiger partial charge in [-0.3, -0.25) is 0 Å². The normalized spacial score (nSPS) is 12.6. The second-order valence-corrected chi connectivity index (χ2v) is 15.2. The van der Waals surface area contributed by atoms with Crippen LogP contribution in [-0.4, -0.2) is 0 Å². The lowest BCUT2D eigenvalue weighted by atomic mass is 9.66. The third-order valence-electron chi connectivity index (χ3n) is 12.1. The van der Waals surface area contributed by atoms with Crippen molar-refractivity contribution in [3.8, 4) is 33.4 Å². The van der Waals surface area contributed by atoms with Crippen LogP contribution in [0.4, 0.5) is 17.1 Å². The van der Waals surface area contributed by atoms with E-state index in [1.54, 1.807) is 0 Å². The van der Waals surface area contributed by atoms with Gasteiger partial charge in [-0.25, -0.2) is 0 Å². The predicted octanol–water partition coefficient (Wildman–Crippen LogP) is 15.2. The van der Waals surface area contributed by atoms with E-state index in [-0.39, 0.29) is 0 Å². The average Bonchev–Trinajstić information content (AvgIpc) is 3.63. The van der Waals surface area contributed by atoms with Crippen LogP contribution in [-0.2, 0) is 5.41 Å². The summed E-state index contributed by atoms with van der Waals surface area (Å²) in [6, 6.07) is 86.7. The molecule has 0 N–H and O–H groups in total. The quantitative estimate of drug-likeness (QED) is 0.147. The Hall–Kier alpha value is -7.48. The van der Waals surface area contributed by atoms with Crippen molar-refractivity contribution in [2.75, 3.05) is 4.90 Å². The Kier molecular flexibility index (Phi) is 8.12. The molecule has 1 aliphatic carbocycles. The fourth-order valence-corrected chi connectivity index (χ4v) is 9.68. The molecule has 0 unspecified atom stereocenters. The number of hydrogen-bond acceptors (Lipinski definition) is 1. The maximum Gasteiger partial charge on any atom is 0.0719 e. The first-order valence-corrected chi connectivity index (χ1v) is 20.1. The number of para-hydroxylation sites is 1. The smallest absolute Gasteiger partial charge is 0.0719 e. The molecule has 10 aromatic rings. The summed E-state index contributed by atoms with van der Waals surface area (Å²) >= 11 is 0. The minimum absolute atomic E-state index is 0.523. The van der Waals surface area contributed by atoms with Gasteiger partial charge in [0.25, 0.3) is 0 Å². The van der Waals surface area contributed by atoms with E-state index in [1.807, 2.05) is 0 Å². The van der Waals surface area contributed by atoms with Gasteiger partial charge in [0.1, 0.15) is 0 Å². The first-order valence-electron chi connectivity index (χ1n) is 20.1. The van der Waals surface area contributed by atoms with Crippen molar-refractivity contribution in [1.82, 2.24) is 0 Å². The van der Waals surface area contributed by atoms with Gasteiger partial charge in [0.05, 0.1) is 11.1 Å². The Morgan fingerprint density at radius 3 is 1.48 bits per heavy atom. The lowest BCUT2D eigenvalue weighted by Crippen LogP contribution is -2.28. The van der Waals surface area contributed by atoms with E-state index in [0.29, 0.717) is 0 Å². The molecule has 0 saturated heterocycles. The highest BCUT2D eigenvalue weighted by Gasteiger charge is 2.47. The standard InChI is InChI=1S/C57H39N/c1-5-19-40(20-6-1)41-33-35-45(36-34-41)58(54-32-18-16-27-47(54)42-21-7-2-8-22-42)46-37-38-50-52(39-46)48-28-13-14-29-49(48)55-51-30-15-17-31-53(51)57(56(50)55,43-23-9-3-10-24-43)44-25-11-4-12-26-44/h1-39H. The van der Waals surface area contributed by atoms with Gasteiger partial charge < -0.3 is 4.90 Å². The highest BCUT2D eigenvalue weighted by atomic mass is 15.1.